The van der Waals surface area contributed by atoms with E-state index < -0.39 is 66.2 Å². The number of hydrogen-bond donors (Lipinski definition) is 6. The summed E-state index contributed by atoms with van der Waals surface area (Å²) in [6, 6.07) is 5.09. The summed E-state index contributed by atoms with van der Waals surface area (Å²) in [6.07, 6.45) is -2.75. The molecule has 3 rings (SSSR count). The van der Waals surface area contributed by atoms with Gasteiger partial charge < -0.3 is 45.3 Å². The Balaban J connectivity index is 1.84. The minimum absolute atomic E-state index is 0.0576. The second-order valence-corrected chi connectivity index (χ2v) is 12.9. The van der Waals surface area contributed by atoms with E-state index in [1.807, 2.05) is 0 Å². The van der Waals surface area contributed by atoms with Crippen LogP contribution in [0.5, 0.6) is 5.75 Å². The Bertz CT molecular complexity index is 1480. The van der Waals surface area contributed by atoms with Crippen LogP contribution in [-0.4, -0.2) is 61.0 Å². The molecule has 41 heavy (non-hydrogen) atoms. The fourth-order valence-corrected chi connectivity index (χ4v) is 6.72. The van der Waals surface area contributed by atoms with E-state index in [0.29, 0.717) is 11.3 Å². The molecule has 0 aliphatic carbocycles. The van der Waals surface area contributed by atoms with Crippen molar-refractivity contribution in [2.45, 2.75) is 37.8 Å². The summed E-state index contributed by atoms with van der Waals surface area (Å²) in [4.78, 5) is 65.6. The van der Waals surface area contributed by atoms with Gasteiger partial charge in [-0.05, 0) is 36.8 Å². The van der Waals surface area contributed by atoms with E-state index in [-0.39, 0.29) is 17.8 Å². The average molecular weight is 644 g/mol. The first-order chi connectivity index (χ1) is 18.9. The predicted molar refractivity (Wildman–Crippen MR) is 136 cm³/mol. The number of hydrogen-bond acceptors (Lipinski definition) is 14. The van der Waals surface area contributed by atoms with Gasteiger partial charge in [-0.3, -0.25) is 9.09 Å². The van der Waals surface area contributed by atoms with Gasteiger partial charge in [-0.2, -0.15) is 13.6 Å². The van der Waals surface area contributed by atoms with Crippen LogP contribution in [0, 0.1) is 0 Å². The van der Waals surface area contributed by atoms with Gasteiger partial charge in [-0.25, -0.2) is 23.3 Å². The summed E-state index contributed by atoms with van der Waals surface area (Å²) in [7, 11) is -15.5. The second kappa shape index (κ2) is 12.8. The third kappa shape index (κ3) is 9.24. The van der Waals surface area contributed by atoms with Gasteiger partial charge in [0.15, 0.2) is 0 Å². The molecule has 0 radical (unpaired) electrons. The van der Waals surface area contributed by atoms with Crippen molar-refractivity contribution in [2.75, 3.05) is 19.5 Å². The van der Waals surface area contributed by atoms with Gasteiger partial charge in [0, 0.05) is 18.7 Å². The Hall–Kier alpha value is -2.50. The van der Waals surface area contributed by atoms with Crippen LogP contribution in [0.1, 0.15) is 41.5 Å². The maximum absolute atomic E-state index is 13.1. The van der Waals surface area contributed by atoms with Crippen molar-refractivity contribution >= 4 is 35.3 Å². The summed E-state index contributed by atoms with van der Waals surface area (Å²) in [6.45, 7) is 0.671. The Morgan fingerprint density at radius 2 is 1.85 bits per heavy atom. The number of nitrogens with two attached hydrogens (primary N) is 2. The summed E-state index contributed by atoms with van der Waals surface area (Å²) >= 11 is 0. The number of esters is 1. The van der Waals surface area contributed by atoms with Gasteiger partial charge in [0.1, 0.15) is 30.0 Å². The molecule has 2 aromatic rings. The lowest BCUT2D eigenvalue weighted by molar-refractivity contribution is -0.0511. The third-order valence-corrected chi connectivity index (χ3v) is 9.19. The molecule has 228 valence electrons. The summed E-state index contributed by atoms with van der Waals surface area (Å²) in [5.74, 6) is -0.554. The van der Waals surface area contributed by atoms with Crippen LogP contribution in [0.2, 0.25) is 0 Å². The largest absolute Gasteiger partial charge is 0.497 e. The lowest BCUT2D eigenvalue weighted by Gasteiger charge is -2.22. The second-order valence-electron chi connectivity index (χ2n) is 8.48. The van der Waals surface area contributed by atoms with Crippen LogP contribution in [0.4, 0.5) is 5.82 Å². The van der Waals surface area contributed by atoms with E-state index in [9.17, 15) is 33.1 Å². The Kier molecular flexibility index (Phi) is 10.3. The summed E-state index contributed by atoms with van der Waals surface area (Å²) < 4.78 is 64.1. The SMILES string of the molecule is COc1ccc(C(=O)O[C@@H]2C[C@H](n3ccc(N)nc3=O)OC2COP(=O)(O)OP(=O)(O)OP(=O)(O)O)c(C(C)N)c1. The molecule has 1 aliphatic rings. The molecular formula is C19H27N4O15P3. The van der Waals surface area contributed by atoms with Crippen LogP contribution in [0.15, 0.2) is 35.3 Å². The number of nitrogen functional groups attached to an aromatic ring is 1. The van der Waals surface area contributed by atoms with E-state index in [4.69, 9.17) is 35.5 Å². The standard InChI is InChI=1S/C19H27N4O15P3/c1-10(20)13-7-11(33-2)3-4-12(13)18(24)36-14-8-17(23-6-5-16(21)22-19(23)25)35-15(14)9-34-40(29,30)38-41(31,32)37-39(26,27)28/h3-7,10,14-15,17H,8-9,20H2,1-2H3,(H,29,30)(H,31,32)(H2,21,22,25)(H2,26,27,28)/t10?,14-,15?,17-/m1/s1. The summed E-state index contributed by atoms with van der Waals surface area (Å²) in [5.41, 5.74) is 11.1. The van der Waals surface area contributed by atoms with Crippen molar-refractivity contribution in [3.05, 3.63) is 52.1 Å². The molecule has 0 amide bonds. The molecule has 22 heteroatoms. The van der Waals surface area contributed by atoms with E-state index in [1.54, 1.807) is 6.92 Å². The number of carbonyl (C=O) groups is 1. The number of methoxy groups -OCH3 is 1. The van der Waals surface area contributed by atoms with E-state index in [2.05, 4.69) is 18.1 Å². The smallest absolute Gasteiger partial charge is 0.490 e. The van der Waals surface area contributed by atoms with E-state index >= 15 is 0 Å². The van der Waals surface area contributed by atoms with Crippen molar-refractivity contribution in [3.8, 4) is 5.75 Å². The third-order valence-electron chi connectivity index (χ3n) is 5.39. The van der Waals surface area contributed by atoms with Crippen molar-refractivity contribution < 1.29 is 65.4 Å². The Morgan fingerprint density at radius 3 is 2.44 bits per heavy atom. The fraction of sp³-hybridized carbons (Fsp3) is 0.421. The highest BCUT2D eigenvalue weighted by molar-refractivity contribution is 7.66. The molecule has 6 atom stereocenters. The van der Waals surface area contributed by atoms with Crippen LogP contribution < -0.4 is 21.9 Å². The number of rotatable bonds is 12. The van der Waals surface area contributed by atoms with Gasteiger partial charge in [0.2, 0.25) is 0 Å². The fourth-order valence-electron chi connectivity index (χ4n) is 3.69. The van der Waals surface area contributed by atoms with E-state index in [0.717, 1.165) is 4.57 Å². The lowest BCUT2D eigenvalue weighted by atomic mass is 10.0. The number of aromatic nitrogens is 2. The minimum atomic E-state index is -5.78. The molecule has 0 bridgehead atoms. The molecule has 2 heterocycles. The van der Waals surface area contributed by atoms with Gasteiger partial charge in [-0.1, -0.05) is 0 Å². The average Bonchev–Trinajstić information content (AvgIpc) is 3.22. The van der Waals surface area contributed by atoms with Crippen molar-refractivity contribution in [1.29, 1.82) is 0 Å². The maximum atomic E-state index is 13.1. The zero-order valence-electron chi connectivity index (χ0n) is 21.3. The first-order valence-electron chi connectivity index (χ1n) is 11.3. The highest BCUT2D eigenvalue weighted by Crippen LogP contribution is 2.66. The molecule has 4 unspecified atom stereocenters. The molecular weight excluding hydrogens is 617 g/mol. The predicted octanol–water partition coefficient (Wildman–Crippen LogP) is 0.710. The number of nitrogens with zero attached hydrogens (tertiary/aromatic N) is 2. The van der Waals surface area contributed by atoms with Gasteiger partial charge in [0.05, 0.1) is 19.3 Å². The molecule has 1 fully saturated rings. The first kappa shape index (κ1) is 33.0. The molecule has 8 N–H and O–H groups in total. The topological polar surface area (TPSA) is 292 Å². The van der Waals surface area contributed by atoms with Crippen LogP contribution in [0.25, 0.3) is 0 Å². The highest BCUT2D eigenvalue weighted by atomic mass is 31.3. The van der Waals surface area contributed by atoms with Crippen LogP contribution in [0.3, 0.4) is 0 Å². The molecule has 0 spiro atoms. The van der Waals surface area contributed by atoms with E-state index in [1.165, 1.54) is 37.6 Å². The molecule has 1 aromatic carbocycles. The monoisotopic (exact) mass is 644 g/mol. The van der Waals surface area contributed by atoms with Crippen LogP contribution >= 0.6 is 23.5 Å². The molecule has 1 saturated heterocycles. The van der Waals surface area contributed by atoms with Gasteiger partial charge in [0.25, 0.3) is 0 Å². The highest BCUT2D eigenvalue weighted by Gasteiger charge is 2.44. The first-order valence-corrected chi connectivity index (χ1v) is 15.8. The zero-order chi connectivity index (χ0) is 30.8. The minimum Gasteiger partial charge on any atom is -0.497 e. The maximum Gasteiger partial charge on any atom is 0.490 e. The van der Waals surface area contributed by atoms with Gasteiger partial charge in [-0.15, -0.1) is 0 Å². The number of benzene rings is 1. The number of carbonyl (C=O) groups excluding carboxylic acids is 1. The van der Waals surface area contributed by atoms with Gasteiger partial charge >= 0.3 is 35.1 Å². The molecule has 19 nitrogen and oxygen atoms in total. The number of ether oxygens (including phenoxy) is 3. The van der Waals surface area contributed by atoms with Crippen molar-refractivity contribution in [2.24, 2.45) is 5.73 Å². The lowest BCUT2D eigenvalue weighted by Crippen LogP contribution is -2.31. The molecule has 1 aromatic heterocycles. The molecule has 0 saturated carbocycles. The Morgan fingerprint density at radius 1 is 1.17 bits per heavy atom. The number of anilines is 1. The summed E-state index contributed by atoms with van der Waals surface area (Å²) in [5, 5.41) is 0. The zero-order valence-corrected chi connectivity index (χ0v) is 24.0. The van der Waals surface area contributed by atoms with Crippen molar-refractivity contribution in [1.82, 2.24) is 9.55 Å². The quantitative estimate of drug-likeness (QED) is 0.137. The number of phosphoric acid groups is 3. The Labute approximate surface area is 231 Å². The number of phosphoric ester groups is 1. The normalized spacial score (nSPS) is 22.9. The van der Waals surface area contributed by atoms with Crippen molar-refractivity contribution in [3.63, 3.8) is 0 Å². The van der Waals surface area contributed by atoms with Crippen LogP contribution in [-0.2, 0) is 36.3 Å². The molecule has 1 aliphatic heterocycles.